The summed E-state index contributed by atoms with van der Waals surface area (Å²) in [5.74, 6) is 0. The van der Waals surface area contributed by atoms with Crippen LogP contribution >= 0.6 is 23.6 Å². The summed E-state index contributed by atoms with van der Waals surface area (Å²) in [7, 11) is -3.44. The highest BCUT2D eigenvalue weighted by Gasteiger charge is 2.27. The van der Waals surface area contributed by atoms with Gasteiger partial charge in [-0.15, -0.1) is 11.3 Å². The number of nitrogens with zero attached hydrogens (tertiary/aromatic N) is 1. The van der Waals surface area contributed by atoms with Crippen molar-refractivity contribution >= 4 is 38.6 Å². The molecular formula is C11H18N2O2S3. The van der Waals surface area contributed by atoms with Crippen molar-refractivity contribution in [1.29, 1.82) is 0 Å². The van der Waals surface area contributed by atoms with Gasteiger partial charge in [-0.1, -0.05) is 19.1 Å². The second kappa shape index (κ2) is 6.10. The molecule has 0 aliphatic carbocycles. The SMILES string of the molecule is CCCN(C(C)C)S(=O)(=O)c1ccc(C(N)=S)s1. The Morgan fingerprint density at radius 3 is 2.50 bits per heavy atom. The van der Waals surface area contributed by atoms with E-state index in [1.54, 1.807) is 12.1 Å². The van der Waals surface area contributed by atoms with Crippen molar-refractivity contribution in [2.75, 3.05) is 6.54 Å². The lowest BCUT2D eigenvalue weighted by molar-refractivity contribution is 0.355. The van der Waals surface area contributed by atoms with Crippen LogP contribution in [0.2, 0.25) is 0 Å². The zero-order valence-electron chi connectivity index (χ0n) is 10.7. The third-order valence-corrected chi connectivity index (χ3v) is 6.42. The molecule has 0 aliphatic heterocycles. The van der Waals surface area contributed by atoms with Crippen molar-refractivity contribution in [3.63, 3.8) is 0 Å². The van der Waals surface area contributed by atoms with Gasteiger partial charge >= 0.3 is 0 Å². The Kier molecular flexibility index (Phi) is 5.27. The fourth-order valence-corrected chi connectivity index (χ4v) is 4.79. The predicted octanol–water partition coefficient (Wildman–Crippen LogP) is 2.19. The zero-order valence-corrected chi connectivity index (χ0v) is 13.2. The molecule has 0 spiro atoms. The minimum absolute atomic E-state index is 0.0645. The molecular weight excluding hydrogens is 288 g/mol. The van der Waals surface area contributed by atoms with Crippen molar-refractivity contribution in [2.24, 2.45) is 5.73 Å². The van der Waals surface area contributed by atoms with Gasteiger partial charge in [-0.25, -0.2) is 8.42 Å². The Morgan fingerprint density at radius 2 is 2.11 bits per heavy atom. The molecule has 0 unspecified atom stereocenters. The number of nitrogens with two attached hydrogens (primary N) is 1. The lowest BCUT2D eigenvalue weighted by Gasteiger charge is -2.24. The molecule has 4 nitrogen and oxygen atoms in total. The first-order valence-corrected chi connectivity index (χ1v) is 8.38. The average Bonchev–Trinajstić information content (AvgIpc) is 2.74. The number of rotatable bonds is 6. The van der Waals surface area contributed by atoms with E-state index < -0.39 is 10.0 Å². The third kappa shape index (κ3) is 3.28. The van der Waals surface area contributed by atoms with E-state index in [-0.39, 0.29) is 11.0 Å². The summed E-state index contributed by atoms with van der Waals surface area (Å²) >= 11 is 5.97. The normalized spacial score (nSPS) is 12.3. The summed E-state index contributed by atoms with van der Waals surface area (Å²) in [6, 6.07) is 3.16. The number of hydrogen-bond acceptors (Lipinski definition) is 4. The number of thiophene rings is 1. The zero-order chi connectivity index (χ0) is 13.9. The van der Waals surface area contributed by atoms with Crippen molar-refractivity contribution < 1.29 is 8.42 Å². The molecule has 0 aromatic carbocycles. The molecule has 1 rings (SSSR count). The van der Waals surface area contributed by atoms with Crippen LogP contribution in [0.25, 0.3) is 0 Å². The molecule has 1 heterocycles. The lowest BCUT2D eigenvalue weighted by atomic mass is 10.4. The van der Waals surface area contributed by atoms with Crippen LogP contribution in [0.15, 0.2) is 16.3 Å². The fraction of sp³-hybridized carbons (Fsp3) is 0.545. The quantitative estimate of drug-likeness (QED) is 0.818. The number of sulfonamides is 1. The highest BCUT2D eigenvalue weighted by molar-refractivity contribution is 7.91. The summed E-state index contributed by atoms with van der Waals surface area (Å²) in [5.41, 5.74) is 5.50. The van der Waals surface area contributed by atoms with Gasteiger partial charge in [-0.05, 0) is 32.4 Å². The molecule has 0 bridgehead atoms. The molecule has 1 aromatic heterocycles. The average molecular weight is 306 g/mol. The smallest absolute Gasteiger partial charge is 0.252 e. The monoisotopic (exact) mass is 306 g/mol. The van der Waals surface area contributed by atoms with Crippen LogP contribution in [0.3, 0.4) is 0 Å². The molecule has 0 fully saturated rings. The van der Waals surface area contributed by atoms with Crippen molar-refractivity contribution in [2.45, 2.75) is 37.4 Å². The second-order valence-corrected chi connectivity index (χ2v) is 7.83. The minimum atomic E-state index is -3.44. The van der Waals surface area contributed by atoms with Crippen LogP contribution < -0.4 is 5.73 Å². The minimum Gasteiger partial charge on any atom is -0.389 e. The van der Waals surface area contributed by atoms with Crippen LogP contribution in [0.5, 0.6) is 0 Å². The van der Waals surface area contributed by atoms with E-state index in [9.17, 15) is 8.42 Å². The van der Waals surface area contributed by atoms with Crippen molar-refractivity contribution in [3.05, 3.63) is 17.0 Å². The van der Waals surface area contributed by atoms with E-state index in [4.69, 9.17) is 18.0 Å². The lowest BCUT2D eigenvalue weighted by Crippen LogP contribution is -2.37. The molecule has 0 saturated heterocycles. The fourth-order valence-electron chi connectivity index (χ4n) is 1.58. The molecule has 0 saturated carbocycles. The van der Waals surface area contributed by atoms with Gasteiger partial charge in [0.05, 0.1) is 4.88 Å². The highest BCUT2D eigenvalue weighted by Crippen LogP contribution is 2.26. The maximum atomic E-state index is 12.5. The van der Waals surface area contributed by atoms with E-state index in [0.717, 1.165) is 17.8 Å². The summed E-state index contributed by atoms with van der Waals surface area (Å²) in [4.78, 5) is 0.858. The highest BCUT2D eigenvalue weighted by atomic mass is 32.2. The largest absolute Gasteiger partial charge is 0.389 e. The standard InChI is InChI=1S/C11H18N2O2S3/c1-4-7-13(8(2)3)18(14,15)10-6-5-9(17-10)11(12)16/h5-6,8H,4,7H2,1-3H3,(H2,12,16). The molecule has 0 atom stereocenters. The van der Waals surface area contributed by atoms with E-state index in [1.165, 1.54) is 4.31 Å². The van der Waals surface area contributed by atoms with Crippen LogP contribution in [0.4, 0.5) is 0 Å². The van der Waals surface area contributed by atoms with Crippen LogP contribution in [0, 0.1) is 0 Å². The van der Waals surface area contributed by atoms with Gasteiger partial charge in [-0.3, -0.25) is 0 Å². The number of hydrogen-bond donors (Lipinski definition) is 1. The summed E-state index contributed by atoms with van der Waals surface area (Å²) in [6.07, 6.45) is 0.783. The topological polar surface area (TPSA) is 63.4 Å². The summed E-state index contributed by atoms with van der Waals surface area (Å²) in [5, 5.41) is 0. The molecule has 7 heteroatoms. The van der Waals surface area contributed by atoms with E-state index in [1.807, 2.05) is 20.8 Å². The molecule has 0 aliphatic rings. The Bertz CT molecular complexity index is 520. The van der Waals surface area contributed by atoms with Gasteiger partial charge in [0.1, 0.15) is 9.20 Å². The molecule has 0 radical (unpaired) electrons. The molecule has 1 aromatic rings. The van der Waals surface area contributed by atoms with Crippen LogP contribution in [-0.4, -0.2) is 30.3 Å². The van der Waals surface area contributed by atoms with E-state index in [0.29, 0.717) is 15.6 Å². The van der Waals surface area contributed by atoms with E-state index >= 15 is 0 Å². The van der Waals surface area contributed by atoms with Crippen molar-refractivity contribution in [3.8, 4) is 0 Å². The van der Waals surface area contributed by atoms with E-state index in [2.05, 4.69) is 0 Å². The van der Waals surface area contributed by atoms with Gasteiger partial charge < -0.3 is 5.73 Å². The van der Waals surface area contributed by atoms with Crippen LogP contribution in [-0.2, 0) is 10.0 Å². The first kappa shape index (κ1) is 15.6. The van der Waals surface area contributed by atoms with Gasteiger partial charge in [0.2, 0.25) is 0 Å². The van der Waals surface area contributed by atoms with Gasteiger partial charge in [0.15, 0.2) is 0 Å². The first-order valence-electron chi connectivity index (χ1n) is 5.72. The maximum absolute atomic E-state index is 12.5. The third-order valence-electron chi connectivity index (χ3n) is 2.41. The van der Waals surface area contributed by atoms with Crippen LogP contribution in [0.1, 0.15) is 32.1 Å². The molecule has 0 amide bonds. The molecule has 18 heavy (non-hydrogen) atoms. The maximum Gasteiger partial charge on any atom is 0.252 e. The Labute approximate surface area is 118 Å². The Hall–Kier alpha value is -0.500. The van der Waals surface area contributed by atoms with Gasteiger partial charge in [0, 0.05) is 12.6 Å². The summed E-state index contributed by atoms with van der Waals surface area (Å²) < 4.78 is 26.7. The molecule has 102 valence electrons. The Morgan fingerprint density at radius 1 is 1.50 bits per heavy atom. The molecule has 2 N–H and O–H groups in total. The van der Waals surface area contributed by atoms with Crippen molar-refractivity contribution in [1.82, 2.24) is 4.31 Å². The summed E-state index contributed by atoms with van der Waals surface area (Å²) in [6.45, 7) is 6.21. The first-order chi connectivity index (χ1) is 8.30. The van der Waals surface area contributed by atoms with Gasteiger partial charge in [0.25, 0.3) is 10.0 Å². The number of thiocarbonyl (C=S) groups is 1. The Balaban J connectivity index is 3.14. The van der Waals surface area contributed by atoms with Gasteiger partial charge in [-0.2, -0.15) is 4.31 Å². The predicted molar refractivity (Wildman–Crippen MR) is 79.5 cm³/mol. The second-order valence-electron chi connectivity index (χ2n) is 4.19.